The molecule has 2 heterocycles. The summed E-state index contributed by atoms with van der Waals surface area (Å²) in [6.45, 7) is 3.25. The number of piperazine rings is 1. The summed E-state index contributed by atoms with van der Waals surface area (Å²) in [5.74, 6) is -0.255. The van der Waals surface area contributed by atoms with E-state index in [1.807, 2.05) is 12.1 Å². The third-order valence-corrected chi connectivity index (χ3v) is 4.53. The van der Waals surface area contributed by atoms with E-state index in [-0.39, 0.29) is 18.4 Å². The van der Waals surface area contributed by atoms with Crippen LogP contribution in [0.1, 0.15) is 15.9 Å². The summed E-state index contributed by atoms with van der Waals surface area (Å²) >= 11 is 5.94. The standard InChI is InChI=1S/C19H21ClN4O2/c20-17-5-3-15(4-6-17)13-24(19(26)16-2-1-7-22-12-16)14-18(25)23-10-8-21-9-11-23/h1-7,12,21H,8-11,13-14H2. The molecule has 136 valence electrons. The maximum atomic E-state index is 12.9. The molecule has 1 fully saturated rings. The van der Waals surface area contributed by atoms with Gasteiger partial charge in [-0.05, 0) is 29.8 Å². The van der Waals surface area contributed by atoms with Crippen LogP contribution >= 0.6 is 11.6 Å². The van der Waals surface area contributed by atoms with E-state index in [9.17, 15) is 9.59 Å². The lowest BCUT2D eigenvalue weighted by Crippen LogP contribution is -2.50. The first kappa shape index (κ1) is 18.4. The summed E-state index contributed by atoms with van der Waals surface area (Å²) < 4.78 is 0. The first-order chi connectivity index (χ1) is 12.6. The highest BCUT2D eigenvalue weighted by Crippen LogP contribution is 2.14. The summed E-state index contributed by atoms with van der Waals surface area (Å²) in [4.78, 5) is 32.9. The Morgan fingerprint density at radius 1 is 1.15 bits per heavy atom. The predicted molar refractivity (Wildman–Crippen MR) is 99.9 cm³/mol. The molecule has 0 radical (unpaired) electrons. The van der Waals surface area contributed by atoms with E-state index in [1.54, 1.807) is 40.3 Å². The van der Waals surface area contributed by atoms with Crippen molar-refractivity contribution in [3.63, 3.8) is 0 Å². The number of hydrogen-bond donors (Lipinski definition) is 1. The lowest BCUT2D eigenvalue weighted by molar-refractivity contribution is -0.132. The molecule has 26 heavy (non-hydrogen) atoms. The number of carbonyl (C=O) groups is 2. The minimum atomic E-state index is -0.212. The Bertz CT molecular complexity index is 746. The van der Waals surface area contributed by atoms with E-state index in [4.69, 9.17) is 11.6 Å². The summed E-state index contributed by atoms with van der Waals surface area (Å²) in [6.07, 6.45) is 3.14. The lowest BCUT2D eigenvalue weighted by Gasteiger charge is -2.30. The van der Waals surface area contributed by atoms with Gasteiger partial charge < -0.3 is 15.1 Å². The van der Waals surface area contributed by atoms with Gasteiger partial charge in [-0.1, -0.05) is 23.7 Å². The highest BCUT2D eigenvalue weighted by atomic mass is 35.5. The number of nitrogens with one attached hydrogen (secondary N) is 1. The lowest BCUT2D eigenvalue weighted by atomic mass is 10.2. The summed E-state index contributed by atoms with van der Waals surface area (Å²) in [5.41, 5.74) is 1.38. The van der Waals surface area contributed by atoms with Crippen LogP contribution in [-0.4, -0.2) is 59.3 Å². The fourth-order valence-electron chi connectivity index (χ4n) is 2.86. The molecule has 1 aliphatic rings. The normalized spacial score (nSPS) is 14.1. The van der Waals surface area contributed by atoms with Gasteiger partial charge in [-0.3, -0.25) is 14.6 Å². The van der Waals surface area contributed by atoms with Crippen molar-refractivity contribution in [3.05, 3.63) is 64.9 Å². The van der Waals surface area contributed by atoms with Gasteiger partial charge in [0.2, 0.25) is 5.91 Å². The topological polar surface area (TPSA) is 65.5 Å². The highest BCUT2D eigenvalue weighted by molar-refractivity contribution is 6.30. The number of aromatic nitrogens is 1. The molecule has 3 rings (SSSR count). The smallest absolute Gasteiger partial charge is 0.256 e. The number of rotatable bonds is 5. The Kier molecular flexibility index (Phi) is 6.20. The molecule has 1 aliphatic heterocycles. The molecule has 1 aromatic carbocycles. The molecule has 0 atom stereocenters. The summed E-state index contributed by atoms with van der Waals surface area (Å²) in [6, 6.07) is 10.7. The van der Waals surface area contributed by atoms with Crippen molar-refractivity contribution in [2.45, 2.75) is 6.54 Å². The van der Waals surface area contributed by atoms with E-state index < -0.39 is 0 Å². The van der Waals surface area contributed by atoms with Crippen molar-refractivity contribution < 1.29 is 9.59 Å². The van der Waals surface area contributed by atoms with Crippen molar-refractivity contribution in [3.8, 4) is 0 Å². The molecule has 0 spiro atoms. The van der Waals surface area contributed by atoms with Crippen molar-refractivity contribution in [1.82, 2.24) is 20.1 Å². The van der Waals surface area contributed by atoms with Crippen LogP contribution in [0.15, 0.2) is 48.8 Å². The second-order valence-corrected chi connectivity index (χ2v) is 6.60. The Morgan fingerprint density at radius 2 is 1.88 bits per heavy atom. The number of hydrogen-bond acceptors (Lipinski definition) is 4. The van der Waals surface area contributed by atoms with E-state index >= 15 is 0 Å². The van der Waals surface area contributed by atoms with Gasteiger partial charge in [0, 0.05) is 50.1 Å². The quantitative estimate of drug-likeness (QED) is 0.869. The van der Waals surface area contributed by atoms with Gasteiger partial charge in [0.15, 0.2) is 0 Å². The van der Waals surface area contributed by atoms with Crippen LogP contribution in [-0.2, 0) is 11.3 Å². The van der Waals surface area contributed by atoms with Gasteiger partial charge in [-0.25, -0.2) is 0 Å². The highest BCUT2D eigenvalue weighted by Gasteiger charge is 2.23. The molecule has 1 saturated heterocycles. The number of nitrogens with zero attached hydrogens (tertiary/aromatic N) is 3. The summed E-state index contributed by atoms with van der Waals surface area (Å²) in [7, 11) is 0. The number of carbonyl (C=O) groups excluding carboxylic acids is 2. The zero-order chi connectivity index (χ0) is 18.4. The average Bonchev–Trinajstić information content (AvgIpc) is 2.70. The number of amides is 2. The summed E-state index contributed by atoms with van der Waals surface area (Å²) in [5, 5.41) is 3.86. The molecule has 0 unspecified atom stereocenters. The molecule has 0 saturated carbocycles. The van der Waals surface area contributed by atoms with Gasteiger partial charge in [-0.2, -0.15) is 0 Å². The van der Waals surface area contributed by atoms with Crippen molar-refractivity contribution in [2.24, 2.45) is 0 Å². The van der Waals surface area contributed by atoms with Crippen LogP contribution in [0.3, 0.4) is 0 Å². The largest absolute Gasteiger partial charge is 0.339 e. The van der Waals surface area contributed by atoms with Crippen molar-refractivity contribution >= 4 is 23.4 Å². The third-order valence-electron chi connectivity index (χ3n) is 4.28. The average molecular weight is 373 g/mol. The van der Waals surface area contributed by atoms with E-state index in [2.05, 4.69) is 10.3 Å². The van der Waals surface area contributed by atoms with Gasteiger partial charge in [0.1, 0.15) is 6.54 Å². The third kappa shape index (κ3) is 4.80. The number of pyridine rings is 1. The van der Waals surface area contributed by atoms with Gasteiger partial charge in [-0.15, -0.1) is 0 Å². The SMILES string of the molecule is O=C(CN(Cc1ccc(Cl)cc1)C(=O)c1cccnc1)N1CCNCC1. The number of benzene rings is 1. The van der Waals surface area contributed by atoms with Crippen LogP contribution in [0, 0.1) is 0 Å². The molecule has 2 aromatic rings. The monoisotopic (exact) mass is 372 g/mol. The molecule has 1 N–H and O–H groups in total. The van der Waals surface area contributed by atoms with Gasteiger partial charge in [0.05, 0.1) is 5.56 Å². The molecule has 7 heteroatoms. The van der Waals surface area contributed by atoms with Gasteiger partial charge >= 0.3 is 0 Å². The van der Waals surface area contributed by atoms with E-state index in [1.165, 1.54) is 6.20 Å². The Balaban J connectivity index is 1.77. The van der Waals surface area contributed by atoms with Gasteiger partial charge in [0.25, 0.3) is 5.91 Å². The minimum Gasteiger partial charge on any atom is -0.339 e. The number of halogens is 1. The molecule has 1 aromatic heterocycles. The molecule has 2 amide bonds. The van der Waals surface area contributed by atoms with Crippen LogP contribution in [0.25, 0.3) is 0 Å². The zero-order valence-corrected chi connectivity index (χ0v) is 15.2. The fourth-order valence-corrected chi connectivity index (χ4v) is 2.99. The molecule has 0 bridgehead atoms. The minimum absolute atomic E-state index is 0.0380. The van der Waals surface area contributed by atoms with Crippen LogP contribution in [0.2, 0.25) is 5.02 Å². The molecule has 0 aliphatic carbocycles. The first-order valence-electron chi connectivity index (χ1n) is 8.56. The maximum absolute atomic E-state index is 12.9. The Labute approximate surface area is 157 Å². The van der Waals surface area contributed by atoms with Crippen molar-refractivity contribution in [2.75, 3.05) is 32.7 Å². The van der Waals surface area contributed by atoms with Crippen LogP contribution < -0.4 is 5.32 Å². The van der Waals surface area contributed by atoms with E-state index in [0.29, 0.717) is 30.2 Å². The van der Waals surface area contributed by atoms with Crippen LogP contribution in [0.5, 0.6) is 0 Å². The van der Waals surface area contributed by atoms with E-state index in [0.717, 1.165) is 18.7 Å². The Morgan fingerprint density at radius 3 is 2.54 bits per heavy atom. The van der Waals surface area contributed by atoms with Crippen molar-refractivity contribution in [1.29, 1.82) is 0 Å². The Hall–Kier alpha value is -2.44. The first-order valence-corrected chi connectivity index (χ1v) is 8.93. The molecular formula is C19H21ClN4O2. The second kappa shape index (κ2) is 8.78. The molecular weight excluding hydrogens is 352 g/mol. The fraction of sp³-hybridized carbons (Fsp3) is 0.316. The second-order valence-electron chi connectivity index (χ2n) is 6.16. The van der Waals surface area contributed by atoms with Crippen LogP contribution in [0.4, 0.5) is 0 Å². The maximum Gasteiger partial charge on any atom is 0.256 e. The molecule has 6 nitrogen and oxygen atoms in total. The predicted octanol–water partition coefficient (Wildman–Crippen LogP) is 1.81. The zero-order valence-electron chi connectivity index (χ0n) is 14.4.